The number of hydrogen-bond acceptors (Lipinski definition) is 5. The van der Waals surface area contributed by atoms with Crippen LogP contribution in [0.1, 0.15) is 10.5 Å². The number of pyridine rings is 1. The van der Waals surface area contributed by atoms with Gasteiger partial charge in [0.05, 0.1) is 6.20 Å². The van der Waals surface area contributed by atoms with Crippen LogP contribution in [-0.4, -0.2) is 16.9 Å². The largest absolute Gasteiger partial charge is 0.414 e. The molecule has 0 radical (unpaired) electrons. The number of nitrogens with zero attached hydrogens (tertiary/aromatic N) is 3. The second-order valence-corrected chi connectivity index (χ2v) is 2.62. The van der Waals surface area contributed by atoms with Gasteiger partial charge in [-0.15, -0.1) is 5.11 Å². The molecule has 74 valence electrons. The van der Waals surface area contributed by atoms with Crippen molar-refractivity contribution in [1.82, 2.24) is 4.98 Å². The van der Waals surface area contributed by atoms with E-state index < -0.39 is 11.9 Å². The molecule has 2 heterocycles. The van der Waals surface area contributed by atoms with Crippen LogP contribution in [-0.2, 0) is 9.53 Å². The molecule has 1 aliphatic rings. The van der Waals surface area contributed by atoms with E-state index in [4.69, 9.17) is 4.74 Å². The average molecular weight is 203 g/mol. The Labute approximate surface area is 84.3 Å². The number of amides is 1. The smallest absolute Gasteiger partial charge is 0.362 e. The molecular formula is C9H5N3O3. The van der Waals surface area contributed by atoms with Gasteiger partial charge < -0.3 is 4.74 Å². The van der Waals surface area contributed by atoms with Crippen molar-refractivity contribution in [2.75, 3.05) is 0 Å². The lowest BCUT2D eigenvalue weighted by atomic mass is 10.3. The van der Waals surface area contributed by atoms with Crippen molar-refractivity contribution >= 4 is 11.9 Å². The van der Waals surface area contributed by atoms with Gasteiger partial charge in [-0.1, -0.05) is 6.07 Å². The van der Waals surface area contributed by atoms with Gasteiger partial charge in [-0.05, 0) is 12.1 Å². The van der Waals surface area contributed by atoms with Crippen molar-refractivity contribution in [3.8, 4) is 0 Å². The van der Waals surface area contributed by atoms with E-state index in [-0.39, 0.29) is 11.5 Å². The number of aromatic nitrogens is 1. The highest BCUT2D eigenvalue weighted by Gasteiger charge is 2.20. The number of carbonyl (C=O) groups is 2. The zero-order valence-corrected chi connectivity index (χ0v) is 7.45. The van der Waals surface area contributed by atoms with Crippen molar-refractivity contribution in [2.24, 2.45) is 10.2 Å². The maximum Gasteiger partial charge on any atom is 0.362 e. The maximum absolute atomic E-state index is 11.4. The first kappa shape index (κ1) is 9.20. The lowest BCUT2D eigenvalue weighted by Crippen LogP contribution is -2.10. The van der Waals surface area contributed by atoms with Crippen LogP contribution in [0.4, 0.5) is 0 Å². The Morgan fingerprint density at radius 1 is 1.33 bits per heavy atom. The van der Waals surface area contributed by atoms with Crippen molar-refractivity contribution in [2.45, 2.75) is 0 Å². The fraction of sp³-hybridized carbons (Fsp3) is 0. The first-order valence-corrected chi connectivity index (χ1v) is 4.06. The van der Waals surface area contributed by atoms with E-state index in [0.29, 0.717) is 0 Å². The third-order valence-electron chi connectivity index (χ3n) is 1.61. The molecule has 0 fully saturated rings. The second-order valence-electron chi connectivity index (χ2n) is 2.62. The zero-order chi connectivity index (χ0) is 10.7. The minimum absolute atomic E-state index is 0.123. The van der Waals surface area contributed by atoms with Gasteiger partial charge in [-0.25, -0.2) is 9.78 Å². The fourth-order valence-electron chi connectivity index (χ4n) is 0.944. The van der Waals surface area contributed by atoms with Crippen molar-refractivity contribution in [1.29, 1.82) is 0 Å². The number of ether oxygens (including phenoxy) is 1. The Balaban J connectivity index is 2.09. The quantitative estimate of drug-likeness (QED) is 0.673. The molecule has 1 aromatic rings. The molecule has 1 aromatic heterocycles. The molecule has 0 saturated carbocycles. The van der Waals surface area contributed by atoms with Gasteiger partial charge >= 0.3 is 11.9 Å². The van der Waals surface area contributed by atoms with Gasteiger partial charge in [0, 0.05) is 6.20 Å². The molecule has 0 aromatic carbocycles. The van der Waals surface area contributed by atoms with Gasteiger partial charge in [0.15, 0.2) is 0 Å². The zero-order valence-electron chi connectivity index (χ0n) is 7.45. The maximum atomic E-state index is 11.4. The van der Waals surface area contributed by atoms with E-state index >= 15 is 0 Å². The summed E-state index contributed by atoms with van der Waals surface area (Å²) >= 11 is 0. The summed E-state index contributed by atoms with van der Waals surface area (Å²) in [6.07, 6.45) is 2.54. The van der Waals surface area contributed by atoms with Crippen molar-refractivity contribution in [3.63, 3.8) is 0 Å². The van der Waals surface area contributed by atoms with Crippen LogP contribution in [0.25, 0.3) is 0 Å². The normalized spacial score (nSPS) is 13.9. The minimum Gasteiger partial charge on any atom is -0.414 e. The Morgan fingerprint density at radius 3 is 2.80 bits per heavy atom. The van der Waals surface area contributed by atoms with E-state index in [2.05, 4.69) is 15.2 Å². The summed E-state index contributed by atoms with van der Waals surface area (Å²) in [6.45, 7) is 0. The third kappa shape index (κ3) is 1.93. The lowest BCUT2D eigenvalue weighted by molar-refractivity contribution is -0.116. The summed E-state index contributed by atoms with van der Waals surface area (Å²) in [4.78, 5) is 26.1. The van der Waals surface area contributed by atoms with E-state index in [1.807, 2.05) is 0 Å². The number of carbonyl (C=O) groups excluding carboxylic acids is 2. The standard InChI is InChI=1S/C9H5N3O3/c13-8-7(5-11-12-8)15-9(14)6-3-1-2-4-10-6/h1-5H. The van der Waals surface area contributed by atoms with Crippen LogP contribution in [0, 0.1) is 0 Å². The number of esters is 1. The summed E-state index contributed by atoms with van der Waals surface area (Å²) in [5, 5.41) is 6.47. The molecule has 2 rings (SSSR count). The molecule has 0 aliphatic carbocycles. The van der Waals surface area contributed by atoms with Gasteiger partial charge in [0.2, 0.25) is 5.76 Å². The molecule has 6 heteroatoms. The number of rotatable bonds is 2. The Kier molecular flexibility index (Phi) is 2.32. The van der Waals surface area contributed by atoms with Gasteiger partial charge in [0.1, 0.15) is 5.69 Å². The first-order chi connectivity index (χ1) is 7.27. The third-order valence-corrected chi connectivity index (χ3v) is 1.61. The minimum atomic E-state index is -0.706. The SMILES string of the molecule is O=C1N=NC=C1OC(=O)c1ccccn1. The highest BCUT2D eigenvalue weighted by Crippen LogP contribution is 2.10. The lowest BCUT2D eigenvalue weighted by Gasteiger charge is -2.00. The van der Waals surface area contributed by atoms with E-state index in [1.54, 1.807) is 12.1 Å². The molecular weight excluding hydrogens is 198 g/mol. The predicted molar refractivity (Wildman–Crippen MR) is 47.6 cm³/mol. The van der Waals surface area contributed by atoms with Crippen LogP contribution in [0.15, 0.2) is 46.6 Å². The molecule has 15 heavy (non-hydrogen) atoms. The molecule has 1 aliphatic heterocycles. The molecule has 1 amide bonds. The summed E-state index contributed by atoms with van der Waals surface area (Å²) in [5.41, 5.74) is 0.123. The van der Waals surface area contributed by atoms with Crippen molar-refractivity contribution in [3.05, 3.63) is 42.0 Å². The molecule has 0 bridgehead atoms. The topological polar surface area (TPSA) is 81.0 Å². The second kappa shape index (κ2) is 3.79. The highest BCUT2D eigenvalue weighted by molar-refractivity contribution is 5.98. The highest BCUT2D eigenvalue weighted by atomic mass is 16.5. The Morgan fingerprint density at radius 2 is 2.20 bits per heavy atom. The summed E-state index contributed by atoms with van der Waals surface area (Å²) in [7, 11) is 0. The molecule has 0 atom stereocenters. The summed E-state index contributed by atoms with van der Waals surface area (Å²) in [5.74, 6) is -1.56. The predicted octanol–water partition coefficient (Wildman–Crippen LogP) is 1.07. The number of hydrogen-bond donors (Lipinski definition) is 0. The van der Waals surface area contributed by atoms with Gasteiger partial charge in [0.25, 0.3) is 0 Å². The van der Waals surface area contributed by atoms with Crippen LogP contribution >= 0.6 is 0 Å². The van der Waals surface area contributed by atoms with Gasteiger partial charge in [-0.3, -0.25) is 4.79 Å². The monoisotopic (exact) mass is 203 g/mol. The summed E-state index contributed by atoms with van der Waals surface area (Å²) < 4.78 is 4.73. The molecule has 0 N–H and O–H groups in total. The Bertz CT molecular complexity index is 465. The van der Waals surface area contributed by atoms with Crippen molar-refractivity contribution < 1.29 is 14.3 Å². The fourth-order valence-corrected chi connectivity index (χ4v) is 0.944. The molecule has 0 saturated heterocycles. The first-order valence-electron chi connectivity index (χ1n) is 4.06. The van der Waals surface area contributed by atoms with E-state index in [9.17, 15) is 9.59 Å². The van der Waals surface area contributed by atoms with Crippen LogP contribution in [0.2, 0.25) is 0 Å². The average Bonchev–Trinajstić information content (AvgIpc) is 2.66. The van der Waals surface area contributed by atoms with Crippen LogP contribution in [0.5, 0.6) is 0 Å². The molecule has 0 spiro atoms. The summed E-state index contributed by atoms with van der Waals surface area (Å²) in [6, 6.07) is 4.79. The van der Waals surface area contributed by atoms with Crippen LogP contribution in [0.3, 0.4) is 0 Å². The molecule has 6 nitrogen and oxygen atoms in total. The number of azo groups is 1. The Hall–Kier alpha value is -2.37. The van der Waals surface area contributed by atoms with E-state index in [0.717, 1.165) is 6.20 Å². The molecule has 0 unspecified atom stereocenters. The van der Waals surface area contributed by atoms with Gasteiger partial charge in [-0.2, -0.15) is 5.11 Å². The van der Waals surface area contributed by atoms with E-state index in [1.165, 1.54) is 12.3 Å². The van der Waals surface area contributed by atoms with Crippen LogP contribution < -0.4 is 0 Å².